The van der Waals surface area contributed by atoms with Crippen LogP contribution in [0.2, 0.25) is 0 Å². The molecule has 29 heavy (non-hydrogen) atoms. The molecule has 0 aromatic rings. The predicted octanol–water partition coefficient (Wildman–Crippen LogP) is 5.02. The van der Waals surface area contributed by atoms with E-state index in [1.54, 1.807) is 0 Å². The third-order valence-electron chi connectivity index (χ3n) is 9.33. The third kappa shape index (κ3) is 4.16. The van der Waals surface area contributed by atoms with Crippen molar-refractivity contribution in [2.75, 3.05) is 7.11 Å². The van der Waals surface area contributed by atoms with Crippen molar-refractivity contribution >= 4 is 11.8 Å². The number of esters is 1. The lowest BCUT2D eigenvalue weighted by Crippen LogP contribution is -2.49. The third-order valence-corrected chi connectivity index (χ3v) is 9.33. The summed E-state index contributed by atoms with van der Waals surface area (Å²) >= 11 is 0. The molecule has 0 aromatic heterocycles. The van der Waals surface area contributed by atoms with E-state index in [-0.39, 0.29) is 35.2 Å². The van der Waals surface area contributed by atoms with E-state index in [1.807, 2.05) is 6.92 Å². The van der Waals surface area contributed by atoms with Crippen LogP contribution in [0.25, 0.3) is 0 Å². The van der Waals surface area contributed by atoms with Crippen LogP contribution in [0.5, 0.6) is 0 Å². The molecule has 166 valence electrons. The fraction of sp³-hybridized carbons (Fsp3) is 0.920. The van der Waals surface area contributed by atoms with Crippen molar-refractivity contribution in [3.63, 3.8) is 0 Å². The molecule has 3 saturated carbocycles. The molecule has 4 nitrogen and oxygen atoms in total. The highest BCUT2D eigenvalue weighted by Gasteiger charge is 2.58. The summed E-state index contributed by atoms with van der Waals surface area (Å²) in [7, 11) is 1.48. The smallest absolute Gasteiger partial charge is 0.308 e. The maximum absolute atomic E-state index is 13.9. The minimum Gasteiger partial charge on any atom is -0.469 e. The molecule has 0 saturated heterocycles. The van der Waals surface area contributed by atoms with Crippen LogP contribution in [0.3, 0.4) is 0 Å². The molecule has 0 amide bonds. The van der Waals surface area contributed by atoms with Gasteiger partial charge in [0.2, 0.25) is 0 Å². The second-order valence-corrected chi connectivity index (χ2v) is 10.6. The molecule has 4 heteroatoms. The monoisotopic (exact) mass is 406 g/mol. The van der Waals surface area contributed by atoms with E-state index in [9.17, 15) is 14.7 Å². The molecule has 3 aliphatic carbocycles. The van der Waals surface area contributed by atoms with Crippen molar-refractivity contribution in [2.45, 2.75) is 91.6 Å². The van der Waals surface area contributed by atoms with Crippen LogP contribution in [0.15, 0.2) is 0 Å². The Morgan fingerprint density at radius 2 is 1.86 bits per heavy atom. The number of methoxy groups -OCH3 is 1. The molecule has 3 fully saturated rings. The number of hydrogen-bond acceptors (Lipinski definition) is 4. The molecule has 0 aliphatic heterocycles. The molecular weight excluding hydrogens is 364 g/mol. The Morgan fingerprint density at radius 1 is 1.17 bits per heavy atom. The quantitative estimate of drug-likeness (QED) is 0.668. The van der Waals surface area contributed by atoms with Gasteiger partial charge in [0, 0.05) is 11.8 Å². The van der Waals surface area contributed by atoms with Gasteiger partial charge in [0.1, 0.15) is 5.78 Å². The Hall–Kier alpha value is -0.900. The van der Waals surface area contributed by atoms with E-state index < -0.39 is 0 Å². The maximum Gasteiger partial charge on any atom is 0.308 e. The second kappa shape index (κ2) is 9.08. The first-order valence-electron chi connectivity index (χ1n) is 12.0. The molecule has 9 atom stereocenters. The number of carbonyl (C=O) groups excluding carboxylic acids is 2. The summed E-state index contributed by atoms with van der Waals surface area (Å²) in [5.74, 6) is 2.03. The van der Waals surface area contributed by atoms with Gasteiger partial charge in [-0.2, -0.15) is 0 Å². The number of carbonyl (C=O) groups is 2. The van der Waals surface area contributed by atoms with E-state index in [4.69, 9.17) is 4.74 Å². The Balaban J connectivity index is 1.93. The van der Waals surface area contributed by atoms with E-state index in [1.165, 1.54) is 7.11 Å². The highest BCUT2D eigenvalue weighted by molar-refractivity contribution is 5.84. The second-order valence-electron chi connectivity index (χ2n) is 10.6. The molecular formula is C25H42O4. The summed E-state index contributed by atoms with van der Waals surface area (Å²) in [4.78, 5) is 26.2. The van der Waals surface area contributed by atoms with Gasteiger partial charge in [0.05, 0.1) is 19.1 Å². The highest BCUT2D eigenvalue weighted by atomic mass is 16.5. The van der Waals surface area contributed by atoms with Crippen molar-refractivity contribution in [2.24, 2.45) is 46.8 Å². The molecule has 3 aliphatic rings. The van der Waals surface area contributed by atoms with Gasteiger partial charge in [-0.15, -0.1) is 0 Å². The zero-order valence-corrected chi connectivity index (χ0v) is 19.2. The average molecular weight is 407 g/mol. The zero-order valence-electron chi connectivity index (χ0n) is 19.2. The summed E-state index contributed by atoms with van der Waals surface area (Å²) < 4.78 is 5.08. The van der Waals surface area contributed by atoms with Crippen molar-refractivity contribution < 1.29 is 19.4 Å². The summed E-state index contributed by atoms with van der Waals surface area (Å²) in [6, 6.07) is 0. The van der Waals surface area contributed by atoms with Gasteiger partial charge in [-0.1, -0.05) is 27.7 Å². The fourth-order valence-corrected chi connectivity index (χ4v) is 7.46. The van der Waals surface area contributed by atoms with E-state index in [2.05, 4.69) is 20.8 Å². The van der Waals surface area contributed by atoms with Crippen LogP contribution in [-0.4, -0.2) is 30.1 Å². The van der Waals surface area contributed by atoms with Gasteiger partial charge in [0.25, 0.3) is 0 Å². The Morgan fingerprint density at radius 3 is 2.52 bits per heavy atom. The largest absolute Gasteiger partial charge is 0.469 e. The van der Waals surface area contributed by atoms with Crippen molar-refractivity contribution in [3.8, 4) is 0 Å². The van der Waals surface area contributed by atoms with E-state index in [0.29, 0.717) is 29.5 Å². The standard InChI is InChI=1S/C25H42O4/c1-6-17-8-10-18(26)9-7-15(2)19-13-14-25(4)20(16(3)24(28)29-5)11-12-21(25)22(19)23(17)27/h15-22,26H,6-14H2,1-5H3/t15?,16-,17-,18+,19+,20?,21-,22+,25?/m0/s1. The SMILES string of the molecule is CC[C@H]1CC[C@H](O)CCC(C)[C@H]2CCC3(C)C([C@H](C)C(=O)OC)CC[C@H]3[C@@H]2C1=O. The van der Waals surface area contributed by atoms with Gasteiger partial charge in [0.15, 0.2) is 0 Å². The number of aliphatic hydroxyl groups is 1. The van der Waals surface area contributed by atoms with Gasteiger partial charge in [-0.25, -0.2) is 0 Å². The van der Waals surface area contributed by atoms with Crippen LogP contribution in [0.1, 0.15) is 85.5 Å². The van der Waals surface area contributed by atoms with Crippen LogP contribution in [0.4, 0.5) is 0 Å². The number of ether oxygens (including phenoxy) is 1. The minimum absolute atomic E-state index is 0.0477. The van der Waals surface area contributed by atoms with Crippen molar-refractivity contribution in [3.05, 3.63) is 0 Å². The Kier molecular flexibility index (Phi) is 7.13. The molecule has 3 rings (SSSR count). The number of hydrogen-bond donors (Lipinski definition) is 1. The van der Waals surface area contributed by atoms with Crippen LogP contribution < -0.4 is 0 Å². The first-order chi connectivity index (χ1) is 13.7. The number of ketones is 1. The minimum atomic E-state index is -0.263. The number of aliphatic hydroxyl groups excluding tert-OH is 1. The van der Waals surface area contributed by atoms with Crippen molar-refractivity contribution in [1.82, 2.24) is 0 Å². The maximum atomic E-state index is 13.9. The molecule has 0 spiro atoms. The number of Topliss-reactive ketones (excluding diaryl/α,β-unsaturated/α-hetero) is 1. The first-order valence-corrected chi connectivity index (χ1v) is 12.0. The van der Waals surface area contributed by atoms with Gasteiger partial charge in [-0.05, 0) is 86.9 Å². The fourth-order valence-electron chi connectivity index (χ4n) is 7.46. The van der Waals surface area contributed by atoms with Gasteiger partial charge < -0.3 is 9.84 Å². The summed E-state index contributed by atoms with van der Waals surface area (Å²) in [6.07, 6.45) is 8.30. The van der Waals surface area contributed by atoms with Crippen molar-refractivity contribution in [1.29, 1.82) is 0 Å². The Labute approximate surface area is 177 Å². The molecule has 1 N–H and O–H groups in total. The normalized spacial score (nSPS) is 44.5. The van der Waals surface area contributed by atoms with E-state index >= 15 is 0 Å². The summed E-state index contributed by atoms with van der Waals surface area (Å²) in [5, 5.41) is 10.4. The van der Waals surface area contributed by atoms with Crippen LogP contribution in [-0.2, 0) is 14.3 Å². The molecule has 0 aromatic carbocycles. The van der Waals surface area contributed by atoms with Gasteiger partial charge >= 0.3 is 5.97 Å². The average Bonchev–Trinajstić information content (AvgIpc) is 3.06. The molecule has 3 unspecified atom stereocenters. The topological polar surface area (TPSA) is 63.6 Å². The molecule has 0 heterocycles. The van der Waals surface area contributed by atoms with Crippen LogP contribution in [0, 0.1) is 46.8 Å². The summed E-state index contributed by atoms with van der Waals surface area (Å²) in [5.41, 5.74) is 0.0477. The van der Waals surface area contributed by atoms with Gasteiger partial charge in [-0.3, -0.25) is 9.59 Å². The lowest BCUT2D eigenvalue weighted by molar-refractivity contribution is -0.150. The zero-order chi connectivity index (χ0) is 21.3. The highest BCUT2D eigenvalue weighted by Crippen LogP contribution is 2.62. The molecule has 0 radical (unpaired) electrons. The Bertz CT molecular complexity index is 602. The van der Waals surface area contributed by atoms with Crippen LogP contribution >= 0.6 is 0 Å². The summed E-state index contributed by atoms with van der Waals surface area (Å²) in [6.45, 7) is 8.79. The number of rotatable bonds is 3. The lowest BCUT2D eigenvalue weighted by atomic mass is 9.52. The predicted molar refractivity (Wildman–Crippen MR) is 114 cm³/mol. The molecule has 0 bridgehead atoms. The first kappa shape index (κ1) is 22.8. The lowest BCUT2D eigenvalue weighted by Gasteiger charge is -2.51. The number of fused-ring (bicyclic) bond motifs is 3. The van der Waals surface area contributed by atoms with E-state index in [0.717, 1.165) is 57.8 Å².